The first-order chi connectivity index (χ1) is 17.2. The van der Waals surface area contributed by atoms with E-state index >= 15 is 0 Å². The molecule has 0 saturated heterocycles. The van der Waals surface area contributed by atoms with Crippen molar-refractivity contribution in [2.75, 3.05) is 6.61 Å². The fraction of sp³-hybridized carbons (Fsp3) is 0.296. The molecule has 1 aliphatic carbocycles. The molecule has 3 aromatic carbocycles. The lowest BCUT2D eigenvalue weighted by Gasteiger charge is -2.28. The summed E-state index contributed by atoms with van der Waals surface area (Å²) < 4.78 is 81.1. The van der Waals surface area contributed by atoms with Crippen LogP contribution in [0.5, 0.6) is 17.2 Å². The molecule has 0 unspecified atom stereocenters. The molecule has 0 aromatic heterocycles. The first-order valence-corrected chi connectivity index (χ1v) is 11.5. The van der Waals surface area contributed by atoms with E-state index in [4.69, 9.17) is 9.47 Å². The van der Waals surface area contributed by atoms with Crippen LogP contribution in [0.2, 0.25) is 0 Å². The number of hydrogen-bond acceptors (Lipinski definition) is 4. The van der Waals surface area contributed by atoms with E-state index in [1.54, 1.807) is 6.92 Å². The summed E-state index contributed by atoms with van der Waals surface area (Å²) in [6.45, 7) is 1.82. The van der Waals surface area contributed by atoms with E-state index in [-0.39, 0.29) is 29.4 Å². The van der Waals surface area contributed by atoms with Crippen molar-refractivity contribution in [3.8, 4) is 28.4 Å². The van der Waals surface area contributed by atoms with Crippen LogP contribution in [0, 0.1) is 35.0 Å². The first kappa shape index (κ1) is 25.5. The maximum Gasteiger partial charge on any atom is 0.314 e. The van der Waals surface area contributed by atoms with E-state index in [0.29, 0.717) is 31.2 Å². The minimum Gasteiger partial charge on any atom is -0.505 e. The summed E-state index contributed by atoms with van der Waals surface area (Å²) in [4.78, 5) is 12.4. The lowest BCUT2D eigenvalue weighted by molar-refractivity contribution is -0.140. The van der Waals surface area contributed by atoms with Crippen LogP contribution < -0.4 is 9.47 Å². The summed E-state index contributed by atoms with van der Waals surface area (Å²) in [5, 5.41) is 9.18. The topological polar surface area (TPSA) is 55.8 Å². The summed E-state index contributed by atoms with van der Waals surface area (Å²) in [6, 6.07) is 8.66. The van der Waals surface area contributed by atoms with Crippen LogP contribution in [0.3, 0.4) is 0 Å². The molecule has 0 bridgehead atoms. The van der Waals surface area contributed by atoms with Gasteiger partial charge in [0.2, 0.25) is 17.5 Å². The Morgan fingerprint density at radius 3 is 2.19 bits per heavy atom. The zero-order valence-electron chi connectivity index (χ0n) is 19.3. The van der Waals surface area contributed by atoms with E-state index in [9.17, 15) is 31.9 Å². The van der Waals surface area contributed by atoms with Crippen LogP contribution in [0.15, 0.2) is 42.5 Å². The Hall–Kier alpha value is -3.62. The Morgan fingerprint density at radius 1 is 0.861 bits per heavy atom. The van der Waals surface area contributed by atoms with Crippen LogP contribution >= 0.6 is 0 Å². The third kappa shape index (κ3) is 5.01. The van der Waals surface area contributed by atoms with Crippen molar-refractivity contribution in [1.82, 2.24) is 0 Å². The van der Waals surface area contributed by atoms with E-state index < -0.39 is 52.5 Å². The van der Waals surface area contributed by atoms with Crippen molar-refractivity contribution < 1.29 is 41.3 Å². The summed E-state index contributed by atoms with van der Waals surface area (Å²) in [6.07, 6.45) is 1.56. The highest BCUT2D eigenvalue weighted by Crippen LogP contribution is 2.39. The van der Waals surface area contributed by atoms with Gasteiger partial charge < -0.3 is 14.6 Å². The summed E-state index contributed by atoms with van der Waals surface area (Å²) in [5.41, 5.74) is 0.478. The van der Waals surface area contributed by atoms with Gasteiger partial charge in [-0.3, -0.25) is 4.79 Å². The second-order valence-electron chi connectivity index (χ2n) is 8.59. The van der Waals surface area contributed by atoms with Gasteiger partial charge in [-0.1, -0.05) is 12.1 Å². The molecular formula is C27H23F5O4. The molecule has 36 heavy (non-hydrogen) atoms. The molecule has 3 aromatic rings. The molecule has 4 nitrogen and oxygen atoms in total. The highest BCUT2D eigenvalue weighted by Gasteiger charge is 2.31. The van der Waals surface area contributed by atoms with Gasteiger partial charge in [-0.15, -0.1) is 0 Å². The highest BCUT2D eigenvalue weighted by atomic mass is 19.2. The molecule has 0 amide bonds. The summed E-state index contributed by atoms with van der Waals surface area (Å²) >= 11 is 0. The number of aromatic hydroxyl groups is 1. The SMILES string of the molecule is CCOc1ccc(-c2ccc(C3CCC(C(=O)Oc4ccc(O)c(F)c4F)CC3)c(F)c2)c(F)c1F. The second-order valence-corrected chi connectivity index (χ2v) is 8.59. The van der Waals surface area contributed by atoms with Gasteiger partial charge in [-0.2, -0.15) is 13.2 Å². The van der Waals surface area contributed by atoms with E-state index in [2.05, 4.69) is 0 Å². The van der Waals surface area contributed by atoms with E-state index in [1.165, 1.54) is 24.3 Å². The predicted molar refractivity (Wildman–Crippen MR) is 121 cm³/mol. The van der Waals surface area contributed by atoms with Gasteiger partial charge in [0, 0.05) is 5.56 Å². The molecule has 4 rings (SSSR count). The fourth-order valence-electron chi connectivity index (χ4n) is 4.48. The molecule has 0 radical (unpaired) electrons. The lowest BCUT2D eigenvalue weighted by atomic mass is 9.78. The lowest BCUT2D eigenvalue weighted by Crippen LogP contribution is -2.25. The van der Waals surface area contributed by atoms with Crippen molar-refractivity contribution in [2.45, 2.75) is 38.5 Å². The van der Waals surface area contributed by atoms with E-state index in [0.717, 1.165) is 18.2 Å². The number of hydrogen-bond donors (Lipinski definition) is 1. The van der Waals surface area contributed by atoms with Gasteiger partial charge in [0.15, 0.2) is 23.1 Å². The molecule has 190 valence electrons. The molecule has 0 heterocycles. The Labute approximate surface area is 204 Å². The van der Waals surface area contributed by atoms with Gasteiger partial charge in [-0.05, 0) is 80.0 Å². The van der Waals surface area contributed by atoms with E-state index in [1.807, 2.05) is 0 Å². The van der Waals surface area contributed by atoms with Crippen molar-refractivity contribution >= 4 is 5.97 Å². The number of benzene rings is 3. The monoisotopic (exact) mass is 506 g/mol. The van der Waals surface area contributed by atoms with Gasteiger partial charge in [0.05, 0.1) is 12.5 Å². The fourth-order valence-corrected chi connectivity index (χ4v) is 4.48. The number of phenols is 1. The second kappa shape index (κ2) is 10.6. The summed E-state index contributed by atoms with van der Waals surface area (Å²) in [7, 11) is 0. The average molecular weight is 506 g/mol. The number of halogens is 5. The smallest absolute Gasteiger partial charge is 0.314 e. The maximum atomic E-state index is 15.0. The Morgan fingerprint density at radius 2 is 1.53 bits per heavy atom. The van der Waals surface area contributed by atoms with Crippen LogP contribution in [-0.2, 0) is 4.79 Å². The van der Waals surface area contributed by atoms with Crippen molar-refractivity contribution in [1.29, 1.82) is 0 Å². The molecular weight excluding hydrogens is 483 g/mol. The highest BCUT2D eigenvalue weighted by molar-refractivity contribution is 5.75. The van der Waals surface area contributed by atoms with Crippen molar-refractivity contribution in [3.05, 3.63) is 77.1 Å². The maximum absolute atomic E-state index is 15.0. The Bertz CT molecular complexity index is 1290. The van der Waals surface area contributed by atoms with Gasteiger partial charge in [-0.25, -0.2) is 8.78 Å². The van der Waals surface area contributed by atoms with Crippen LogP contribution in [0.25, 0.3) is 11.1 Å². The minimum atomic E-state index is -1.50. The normalized spacial score (nSPS) is 17.6. The largest absolute Gasteiger partial charge is 0.505 e. The molecule has 0 spiro atoms. The van der Waals surface area contributed by atoms with Gasteiger partial charge >= 0.3 is 5.97 Å². The molecule has 1 fully saturated rings. The Kier molecular flexibility index (Phi) is 7.47. The molecule has 0 aliphatic heterocycles. The van der Waals surface area contributed by atoms with Gasteiger partial charge in [0.1, 0.15) is 5.82 Å². The molecule has 1 N–H and O–H groups in total. The van der Waals surface area contributed by atoms with Crippen molar-refractivity contribution in [3.63, 3.8) is 0 Å². The summed E-state index contributed by atoms with van der Waals surface area (Å²) in [5.74, 6) is -9.06. The van der Waals surface area contributed by atoms with Crippen LogP contribution in [0.1, 0.15) is 44.1 Å². The number of carbonyl (C=O) groups is 1. The number of phenolic OH excluding ortho intramolecular Hbond substituents is 1. The van der Waals surface area contributed by atoms with Crippen molar-refractivity contribution in [2.24, 2.45) is 5.92 Å². The molecule has 1 saturated carbocycles. The molecule has 9 heteroatoms. The van der Waals surface area contributed by atoms with Crippen LogP contribution in [-0.4, -0.2) is 17.7 Å². The average Bonchev–Trinajstić information content (AvgIpc) is 2.87. The first-order valence-electron chi connectivity index (χ1n) is 11.5. The predicted octanol–water partition coefficient (Wildman–Crippen LogP) is 7.03. The number of esters is 1. The third-order valence-corrected chi connectivity index (χ3v) is 6.40. The van der Waals surface area contributed by atoms with Gasteiger partial charge in [0.25, 0.3) is 0 Å². The number of ether oxygens (including phenoxy) is 2. The van der Waals surface area contributed by atoms with Crippen LogP contribution in [0.4, 0.5) is 22.0 Å². The zero-order chi connectivity index (χ0) is 26.0. The third-order valence-electron chi connectivity index (χ3n) is 6.40. The molecule has 0 atom stereocenters. The number of rotatable bonds is 6. The standard InChI is InChI=1S/C27H23F5O4/c1-2-35-21-11-9-18(23(29)25(21)31)16-7-8-17(19(28)13-16)14-3-5-15(6-4-14)27(34)36-22-12-10-20(33)24(30)26(22)32/h7-15,33H,2-6H2,1H3. The quantitative estimate of drug-likeness (QED) is 0.222. The zero-order valence-corrected chi connectivity index (χ0v) is 19.3. The minimum absolute atomic E-state index is 0.0919. The molecule has 1 aliphatic rings. The Balaban J connectivity index is 1.43. The number of carbonyl (C=O) groups excluding carboxylic acids is 1.